The topological polar surface area (TPSA) is 27.7 Å². The molecule has 270 valence electrons. The van der Waals surface area contributed by atoms with E-state index in [0.29, 0.717) is 0 Å². The predicted octanol–water partition coefficient (Wildman–Crippen LogP) is 8.98. The third-order valence-electron chi connectivity index (χ3n) is 4.73. The van der Waals surface area contributed by atoms with Crippen molar-refractivity contribution in [3.63, 3.8) is 0 Å². The maximum atomic E-state index is 13.3. The molecule has 0 atom stereocenters. The normalized spacial score (nSPS) is 16.7. The van der Waals surface area contributed by atoms with Gasteiger partial charge >= 0.3 is 230 Å². The molecule has 0 spiro atoms. The van der Waals surface area contributed by atoms with Crippen molar-refractivity contribution in [1.82, 2.24) is 0 Å². The zero-order valence-electron chi connectivity index (χ0n) is 19.2. The Hall–Kier alpha value is -1.47. The Bertz CT molecular complexity index is 805. The van der Waals surface area contributed by atoms with Crippen LogP contribution in [-0.4, -0.2) is 92.0 Å². The number of hydrogen-bond donors (Lipinski definition) is 0. The molecule has 0 radical (unpaired) electrons. The molecule has 0 unspecified atom stereocenters. The van der Waals surface area contributed by atoms with Crippen LogP contribution in [0.25, 0.3) is 0 Å². The molecule has 3 nitrogen and oxygen atoms in total. The summed E-state index contributed by atoms with van der Waals surface area (Å²) in [6.45, 7) is 1.34. The van der Waals surface area contributed by atoms with Crippen molar-refractivity contribution in [3.8, 4) is 0 Å². The Morgan fingerprint density at radius 3 is 0.467 bits per heavy atom. The molecule has 0 amide bonds. The standard InChI is InChI=1S/3C4F9O.C2H3.Sn/c3*5-2(6,7)1(14,3(8,9)10)4(11,12)13;1-2;/h;;;1H,2H2;/q3*-1;;+3. The molecular weight excluding hydrogens is 848 g/mol. The van der Waals surface area contributed by atoms with Crippen LogP contribution in [-0.2, 0) is 9.22 Å². The van der Waals surface area contributed by atoms with Crippen molar-refractivity contribution >= 4 is 19.6 Å². The molecule has 0 heterocycles. The SMILES string of the molecule is C=[CH][Sn]([O]C(C(F)(F)F)(C(F)(F)F)C(F)(F)F)([O]C(C(F)(F)F)(C(F)(F)F)C(F)(F)F)[O]C(C(F)(F)F)(C(F)(F)F)C(F)(F)F. The van der Waals surface area contributed by atoms with Gasteiger partial charge in [0.05, 0.1) is 0 Å². The van der Waals surface area contributed by atoms with E-state index < -0.39 is 96.1 Å². The second-order valence-corrected chi connectivity index (χ2v) is 14.0. The third kappa shape index (κ3) is 6.91. The van der Waals surface area contributed by atoms with Gasteiger partial charge in [0.2, 0.25) is 0 Å². The van der Waals surface area contributed by atoms with E-state index in [1.54, 1.807) is 0 Å². The van der Waals surface area contributed by atoms with E-state index in [2.05, 4.69) is 0 Å². The van der Waals surface area contributed by atoms with Gasteiger partial charge in [0.25, 0.3) is 0 Å². The van der Waals surface area contributed by atoms with Crippen LogP contribution in [0, 0.1) is 0 Å². The molecule has 0 saturated carbocycles. The van der Waals surface area contributed by atoms with Crippen molar-refractivity contribution in [2.75, 3.05) is 0 Å². The van der Waals surface area contributed by atoms with Gasteiger partial charge in [-0.1, -0.05) is 0 Å². The van der Waals surface area contributed by atoms with E-state index in [-0.39, 0.29) is 0 Å². The number of alkyl halides is 27. The summed E-state index contributed by atoms with van der Waals surface area (Å²) in [7, 11) is 0. The summed E-state index contributed by atoms with van der Waals surface area (Å²) >= 11 is -11.5. The van der Waals surface area contributed by atoms with Crippen molar-refractivity contribution in [2.24, 2.45) is 0 Å². The Balaban J connectivity index is 9.03. The molecule has 0 N–H and O–H groups in total. The van der Waals surface area contributed by atoms with E-state index in [9.17, 15) is 119 Å². The first-order valence-electron chi connectivity index (χ1n) is 9.27. The van der Waals surface area contributed by atoms with E-state index in [1.807, 2.05) is 9.22 Å². The van der Waals surface area contributed by atoms with Gasteiger partial charge in [-0.3, -0.25) is 0 Å². The summed E-state index contributed by atoms with van der Waals surface area (Å²) in [5.41, 5.74) is -26.5. The van der Waals surface area contributed by atoms with E-state index in [0.717, 1.165) is 0 Å². The van der Waals surface area contributed by atoms with Crippen LogP contribution in [0.3, 0.4) is 0 Å². The Morgan fingerprint density at radius 2 is 0.400 bits per heavy atom. The first-order valence-corrected chi connectivity index (χ1v) is 14.4. The minimum atomic E-state index is -11.5. The number of halogens is 27. The summed E-state index contributed by atoms with van der Waals surface area (Å²) in [5, 5.41) is 0. The van der Waals surface area contributed by atoms with Gasteiger partial charge in [0.15, 0.2) is 0 Å². The van der Waals surface area contributed by atoms with Crippen LogP contribution < -0.4 is 0 Å². The molecule has 0 aliphatic carbocycles. The van der Waals surface area contributed by atoms with Gasteiger partial charge in [-0.25, -0.2) is 0 Å². The van der Waals surface area contributed by atoms with Crippen LogP contribution in [0.1, 0.15) is 0 Å². The zero-order chi connectivity index (χ0) is 37.3. The summed E-state index contributed by atoms with van der Waals surface area (Å²) in [6, 6.07) is 0. The van der Waals surface area contributed by atoms with Gasteiger partial charge in [-0.15, -0.1) is 0 Å². The minimum absolute atomic E-state index is 1.34. The Kier molecular flexibility index (Phi) is 10.9. The van der Waals surface area contributed by atoms with Crippen LogP contribution in [0.5, 0.6) is 0 Å². The van der Waals surface area contributed by atoms with E-state index in [4.69, 9.17) is 0 Å². The van der Waals surface area contributed by atoms with Crippen molar-refractivity contribution in [3.05, 3.63) is 10.7 Å². The second-order valence-electron chi connectivity index (χ2n) is 7.64. The quantitative estimate of drug-likeness (QED) is 0.189. The molecule has 0 aromatic heterocycles. The molecule has 0 rings (SSSR count). The molecule has 31 heteroatoms. The van der Waals surface area contributed by atoms with Gasteiger partial charge < -0.3 is 0 Å². The van der Waals surface area contributed by atoms with Gasteiger partial charge in [-0.2, -0.15) is 0 Å². The summed E-state index contributed by atoms with van der Waals surface area (Å²) in [5.74, 6) is 0. The molecule has 0 aromatic carbocycles. The average molecular weight is 851 g/mol. The van der Waals surface area contributed by atoms with Crippen LogP contribution in [0.15, 0.2) is 10.7 Å². The summed E-state index contributed by atoms with van der Waals surface area (Å²) in [4.78, 5) is 0. The van der Waals surface area contributed by atoms with Crippen LogP contribution >= 0.6 is 0 Å². The maximum absolute atomic E-state index is 13.3. The molecular formula is C14H3F27O3Sn. The zero-order valence-corrected chi connectivity index (χ0v) is 22.1. The monoisotopic (exact) mass is 852 g/mol. The first kappa shape index (κ1) is 43.5. The fourth-order valence-electron chi connectivity index (χ4n) is 2.79. The molecule has 0 aliphatic heterocycles. The van der Waals surface area contributed by atoms with Crippen LogP contribution in [0.2, 0.25) is 0 Å². The summed E-state index contributed by atoms with van der Waals surface area (Å²) < 4.78 is 362. The molecule has 0 fully saturated rings. The summed E-state index contributed by atoms with van der Waals surface area (Å²) in [6.07, 6.45) is -78.3. The van der Waals surface area contributed by atoms with Gasteiger partial charge in [-0.05, 0) is 0 Å². The fraction of sp³-hybridized carbons (Fsp3) is 0.857. The first-order chi connectivity index (χ1) is 18.9. The predicted molar refractivity (Wildman–Crippen MR) is 81.9 cm³/mol. The molecule has 45 heavy (non-hydrogen) atoms. The average Bonchev–Trinajstić information content (AvgIpc) is 2.64. The molecule has 0 aromatic rings. The van der Waals surface area contributed by atoms with Crippen molar-refractivity contribution in [2.45, 2.75) is 72.4 Å². The van der Waals surface area contributed by atoms with Gasteiger partial charge in [0.1, 0.15) is 0 Å². The molecule has 0 saturated heterocycles. The van der Waals surface area contributed by atoms with E-state index >= 15 is 0 Å². The number of hydrogen-bond acceptors (Lipinski definition) is 3. The van der Waals surface area contributed by atoms with Crippen molar-refractivity contribution < 1.29 is 128 Å². The van der Waals surface area contributed by atoms with Crippen molar-refractivity contribution in [1.29, 1.82) is 0 Å². The van der Waals surface area contributed by atoms with E-state index in [1.165, 1.54) is 6.58 Å². The molecule has 0 bridgehead atoms. The Morgan fingerprint density at radius 1 is 0.289 bits per heavy atom. The van der Waals surface area contributed by atoms with Gasteiger partial charge in [0, 0.05) is 0 Å². The molecule has 0 aliphatic rings. The third-order valence-corrected chi connectivity index (χ3v) is 11.2. The Labute approximate surface area is 231 Å². The second kappa shape index (κ2) is 11.3. The fourth-order valence-corrected chi connectivity index (χ4v) is 10.5. The van der Waals surface area contributed by atoms with Crippen LogP contribution in [0.4, 0.5) is 119 Å². The number of rotatable bonds is 7.